The molecular formula is C18H21FN2O4. The van der Waals surface area contributed by atoms with E-state index in [4.69, 9.17) is 5.11 Å². The molecule has 0 spiro atoms. The highest BCUT2D eigenvalue weighted by atomic mass is 19.1. The number of aliphatic carboxylic acids is 1. The molecule has 0 saturated carbocycles. The summed E-state index contributed by atoms with van der Waals surface area (Å²) in [4.78, 5) is 39.3. The molecule has 2 fully saturated rings. The number of amides is 2. The molecule has 1 N–H and O–H groups in total. The minimum Gasteiger partial charge on any atom is -0.479 e. The van der Waals surface area contributed by atoms with Gasteiger partial charge in [0.1, 0.15) is 6.04 Å². The Morgan fingerprint density at radius 2 is 1.88 bits per heavy atom. The number of carboxylic acids is 1. The fraction of sp³-hybridized carbons (Fsp3) is 0.500. The van der Waals surface area contributed by atoms with E-state index in [1.165, 1.54) is 4.90 Å². The van der Waals surface area contributed by atoms with Crippen LogP contribution in [0.3, 0.4) is 0 Å². The third-order valence-corrected chi connectivity index (χ3v) is 4.94. The van der Waals surface area contributed by atoms with Gasteiger partial charge in [0.25, 0.3) is 0 Å². The van der Waals surface area contributed by atoms with E-state index in [2.05, 4.69) is 0 Å². The van der Waals surface area contributed by atoms with Gasteiger partial charge in [0, 0.05) is 25.9 Å². The van der Waals surface area contributed by atoms with Crippen LogP contribution in [0.25, 0.3) is 0 Å². The summed E-state index contributed by atoms with van der Waals surface area (Å²) >= 11 is 0. The number of carbonyl (C=O) groups excluding carboxylic acids is 2. The second kappa shape index (κ2) is 6.82. The Morgan fingerprint density at radius 3 is 2.48 bits per heavy atom. The zero-order valence-electron chi connectivity index (χ0n) is 13.9. The van der Waals surface area contributed by atoms with Crippen LogP contribution in [0.15, 0.2) is 30.3 Å². The summed E-state index contributed by atoms with van der Waals surface area (Å²) < 4.78 is 14.4. The van der Waals surface area contributed by atoms with Crippen molar-refractivity contribution in [3.63, 3.8) is 0 Å². The Hall–Kier alpha value is -2.44. The molecule has 134 valence electrons. The van der Waals surface area contributed by atoms with E-state index in [-0.39, 0.29) is 18.9 Å². The summed E-state index contributed by atoms with van der Waals surface area (Å²) in [5.74, 6) is -2.06. The van der Waals surface area contributed by atoms with Gasteiger partial charge in [-0.05, 0) is 18.4 Å². The summed E-state index contributed by atoms with van der Waals surface area (Å²) in [5, 5.41) is 9.04. The van der Waals surface area contributed by atoms with E-state index >= 15 is 0 Å². The predicted octanol–water partition coefficient (Wildman–Crippen LogP) is 1.77. The average molecular weight is 348 g/mol. The maximum Gasteiger partial charge on any atom is 0.343 e. The molecule has 0 aliphatic carbocycles. The number of piperidine rings is 1. The van der Waals surface area contributed by atoms with Gasteiger partial charge in [-0.1, -0.05) is 30.3 Å². The van der Waals surface area contributed by atoms with Crippen LogP contribution in [0.5, 0.6) is 0 Å². The molecule has 25 heavy (non-hydrogen) atoms. The third kappa shape index (κ3) is 3.36. The number of hydrogen-bond donors (Lipinski definition) is 1. The summed E-state index contributed by atoms with van der Waals surface area (Å²) in [6, 6.07) is 8.08. The van der Waals surface area contributed by atoms with Gasteiger partial charge in [0.15, 0.2) is 0 Å². The molecule has 6 nitrogen and oxygen atoms in total. The van der Waals surface area contributed by atoms with Crippen LogP contribution in [0.4, 0.5) is 4.39 Å². The van der Waals surface area contributed by atoms with Crippen LogP contribution < -0.4 is 0 Å². The number of benzene rings is 1. The Labute approximate surface area is 145 Å². The zero-order chi connectivity index (χ0) is 18.0. The Balaban J connectivity index is 1.88. The Bertz CT molecular complexity index is 681. The maximum atomic E-state index is 14.4. The predicted molar refractivity (Wildman–Crippen MR) is 87.4 cm³/mol. The van der Waals surface area contributed by atoms with Crippen LogP contribution in [-0.2, 0) is 14.4 Å². The van der Waals surface area contributed by atoms with Crippen LogP contribution in [0, 0.1) is 0 Å². The molecule has 0 bridgehead atoms. The highest BCUT2D eigenvalue weighted by molar-refractivity contribution is 5.90. The molecule has 2 unspecified atom stereocenters. The fourth-order valence-corrected chi connectivity index (χ4v) is 3.50. The molecular weight excluding hydrogens is 327 g/mol. The lowest BCUT2D eigenvalue weighted by molar-refractivity contribution is -0.152. The van der Waals surface area contributed by atoms with Crippen molar-refractivity contribution in [1.82, 2.24) is 9.80 Å². The first-order valence-electron chi connectivity index (χ1n) is 8.48. The highest BCUT2D eigenvalue weighted by Crippen LogP contribution is 2.32. The van der Waals surface area contributed by atoms with E-state index in [1.807, 2.05) is 6.07 Å². The molecule has 0 aromatic heterocycles. The van der Waals surface area contributed by atoms with Gasteiger partial charge in [-0.3, -0.25) is 9.59 Å². The molecule has 1 aromatic carbocycles. The monoisotopic (exact) mass is 348 g/mol. The van der Waals surface area contributed by atoms with Crippen LogP contribution in [-0.4, -0.2) is 58.0 Å². The largest absolute Gasteiger partial charge is 0.479 e. The van der Waals surface area contributed by atoms with Crippen LogP contribution in [0.1, 0.15) is 37.3 Å². The molecule has 2 aliphatic heterocycles. The minimum absolute atomic E-state index is 0.0347. The van der Waals surface area contributed by atoms with Gasteiger partial charge < -0.3 is 14.9 Å². The Kier molecular flexibility index (Phi) is 4.74. The molecule has 0 radical (unpaired) electrons. The zero-order valence-corrected chi connectivity index (χ0v) is 13.9. The summed E-state index contributed by atoms with van der Waals surface area (Å²) in [7, 11) is 0. The van der Waals surface area contributed by atoms with Crippen molar-refractivity contribution in [3.05, 3.63) is 35.9 Å². The molecule has 2 saturated heterocycles. The van der Waals surface area contributed by atoms with Crippen molar-refractivity contribution in [2.45, 2.75) is 37.4 Å². The minimum atomic E-state index is -2.41. The third-order valence-electron chi connectivity index (χ3n) is 4.94. The topological polar surface area (TPSA) is 77.9 Å². The summed E-state index contributed by atoms with van der Waals surface area (Å²) in [5.41, 5.74) is -1.75. The number of carbonyl (C=O) groups is 3. The summed E-state index contributed by atoms with van der Waals surface area (Å²) in [6.45, 7) is 0.0250. The molecule has 1 aromatic rings. The summed E-state index contributed by atoms with van der Waals surface area (Å²) in [6.07, 6.45) is 1.76. The number of rotatable bonds is 4. The van der Waals surface area contributed by atoms with Gasteiger partial charge >= 0.3 is 5.97 Å². The number of halogens is 1. The number of hydrogen-bond acceptors (Lipinski definition) is 3. The lowest BCUT2D eigenvalue weighted by Gasteiger charge is -2.36. The van der Waals surface area contributed by atoms with Gasteiger partial charge in [-0.2, -0.15) is 0 Å². The first-order valence-corrected chi connectivity index (χ1v) is 8.48. The van der Waals surface area contributed by atoms with Gasteiger partial charge in [-0.25, -0.2) is 9.18 Å². The highest BCUT2D eigenvalue weighted by Gasteiger charge is 2.48. The molecule has 2 aliphatic rings. The van der Waals surface area contributed by atoms with Crippen molar-refractivity contribution >= 4 is 17.8 Å². The van der Waals surface area contributed by atoms with Gasteiger partial charge in [0.05, 0.1) is 6.54 Å². The van der Waals surface area contributed by atoms with E-state index < -0.39 is 30.1 Å². The van der Waals surface area contributed by atoms with Crippen molar-refractivity contribution in [2.75, 3.05) is 19.6 Å². The molecule has 2 heterocycles. The quantitative estimate of drug-likeness (QED) is 0.899. The van der Waals surface area contributed by atoms with Crippen molar-refractivity contribution in [1.29, 1.82) is 0 Å². The smallest absolute Gasteiger partial charge is 0.343 e. The molecule has 7 heteroatoms. The fourth-order valence-electron chi connectivity index (χ4n) is 3.50. The van der Waals surface area contributed by atoms with Crippen molar-refractivity contribution in [3.8, 4) is 0 Å². The second-order valence-corrected chi connectivity index (χ2v) is 6.64. The average Bonchev–Trinajstić information content (AvgIpc) is 3.02. The van der Waals surface area contributed by atoms with Crippen molar-refractivity contribution < 1.29 is 23.9 Å². The van der Waals surface area contributed by atoms with E-state index in [9.17, 15) is 18.8 Å². The van der Waals surface area contributed by atoms with Crippen molar-refractivity contribution in [2.24, 2.45) is 0 Å². The van der Waals surface area contributed by atoms with Crippen LogP contribution in [0.2, 0.25) is 0 Å². The Morgan fingerprint density at radius 1 is 1.16 bits per heavy atom. The molecule has 2 amide bonds. The van der Waals surface area contributed by atoms with E-state index in [1.54, 1.807) is 29.2 Å². The first kappa shape index (κ1) is 17.4. The first-order chi connectivity index (χ1) is 11.9. The van der Waals surface area contributed by atoms with E-state index in [0.29, 0.717) is 18.5 Å². The molecule has 2 atom stereocenters. The lowest BCUT2D eigenvalue weighted by atomic mass is 10.00. The van der Waals surface area contributed by atoms with Gasteiger partial charge in [-0.15, -0.1) is 0 Å². The molecule has 3 rings (SSSR count). The SMILES string of the molecule is O=C(C(c1ccccc1)N1CCCCC1=O)N1CCC(F)(C(=O)O)C1. The van der Waals surface area contributed by atoms with Gasteiger partial charge in [0.2, 0.25) is 17.5 Å². The number of nitrogens with zero attached hydrogens (tertiary/aromatic N) is 2. The number of likely N-dealkylation sites (tertiary alicyclic amines) is 2. The maximum absolute atomic E-state index is 14.4. The normalized spacial score (nSPS) is 25.1. The lowest BCUT2D eigenvalue weighted by Crippen LogP contribution is -2.48. The second-order valence-electron chi connectivity index (χ2n) is 6.64. The standard InChI is InChI=1S/C18H21FN2O4/c19-18(17(24)25)9-11-20(12-18)16(23)15(13-6-2-1-3-7-13)21-10-5-4-8-14(21)22/h1-3,6-7,15H,4-5,8-12H2,(H,24,25). The number of alkyl halides is 1. The number of carboxylic acid groups (broad SMARTS) is 1. The van der Waals surface area contributed by atoms with E-state index in [0.717, 1.165) is 12.8 Å². The van der Waals surface area contributed by atoms with Crippen LogP contribution >= 0.6 is 0 Å².